The lowest BCUT2D eigenvalue weighted by molar-refractivity contribution is 0.946. The van der Waals surface area contributed by atoms with Crippen molar-refractivity contribution in [3.8, 4) is 5.69 Å². The highest BCUT2D eigenvalue weighted by atomic mass is 35.5. The Balaban J connectivity index is 2.67. The van der Waals surface area contributed by atoms with Crippen LogP contribution in [-0.4, -0.2) is 4.57 Å². The lowest BCUT2D eigenvalue weighted by atomic mass is 10.1. The molecule has 0 saturated heterocycles. The van der Waals surface area contributed by atoms with Crippen molar-refractivity contribution in [3.63, 3.8) is 0 Å². The highest BCUT2D eigenvalue weighted by Gasteiger charge is 2.07. The van der Waals surface area contributed by atoms with Crippen LogP contribution in [0.3, 0.4) is 0 Å². The number of halogens is 2. The summed E-state index contributed by atoms with van der Waals surface area (Å²) in [5.41, 5.74) is 3.50. The SMILES string of the molecule is Cc1cc(Cl)ccc1-n1cc(CCl)c(=O)cc1C. The largest absolute Gasteiger partial charge is 0.320 e. The maximum absolute atomic E-state index is 11.7. The maximum Gasteiger partial charge on any atom is 0.186 e. The molecule has 0 bridgehead atoms. The maximum atomic E-state index is 11.7. The summed E-state index contributed by atoms with van der Waals surface area (Å²) in [4.78, 5) is 11.7. The molecule has 18 heavy (non-hydrogen) atoms. The summed E-state index contributed by atoms with van der Waals surface area (Å²) in [6.07, 6.45) is 1.79. The molecule has 0 radical (unpaired) electrons. The van der Waals surface area contributed by atoms with E-state index in [0.717, 1.165) is 16.9 Å². The van der Waals surface area contributed by atoms with E-state index < -0.39 is 0 Å². The summed E-state index contributed by atoms with van der Waals surface area (Å²) in [6, 6.07) is 7.27. The normalized spacial score (nSPS) is 10.7. The molecule has 0 amide bonds. The van der Waals surface area contributed by atoms with Crippen LogP contribution in [0.5, 0.6) is 0 Å². The van der Waals surface area contributed by atoms with Gasteiger partial charge in [-0.25, -0.2) is 0 Å². The zero-order valence-electron chi connectivity index (χ0n) is 10.2. The van der Waals surface area contributed by atoms with Crippen molar-refractivity contribution in [2.45, 2.75) is 19.7 Å². The summed E-state index contributed by atoms with van der Waals surface area (Å²) in [5.74, 6) is 0.214. The fourth-order valence-corrected chi connectivity index (χ4v) is 2.35. The van der Waals surface area contributed by atoms with Crippen LogP contribution >= 0.6 is 23.2 Å². The lowest BCUT2D eigenvalue weighted by Gasteiger charge is -2.14. The van der Waals surface area contributed by atoms with Gasteiger partial charge in [-0.2, -0.15) is 0 Å². The first-order valence-corrected chi connectivity index (χ1v) is 6.49. The van der Waals surface area contributed by atoms with Gasteiger partial charge in [0, 0.05) is 34.2 Å². The summed E-state index contributed by atoms with van der Waals surface area (Å²) < 4.78 is 1.96. The van der Waals surface area contributed by atoms with Crippen molar-refractivity contribution in [1.29, 1.82) is 0 Å². The molecular weight excluding hydrogens is 269 g/mol. The molecule has 2 aromatic rings. The van der Waals surface area contributed by atoms with Crippen LogP contribution in [0.1, 0.15) is 16.8 Å². The second-order valence-corrected chi connectivity index (χ2v) is 4.94. The van der Waals surface area contributed by atoms with Gasteiger partial charge in [0.2, 0.25) is 0 Å². The average molecular weight is 282 g/mol. The quantitative estimate of drug-likeness (QED) is 0.767. The number of hydrogen-bond acceptors (Lipinski definition) is 1. The number of rotatable bonds is 2. The zero-order chi connectivity index (χ0) is 13.3. The van der Waals surface area contributed by atoms with Gasteiger partial charge in [0.15, 0.2) is 5.43 Å². The van der Waals surface area contributed by atoms with Crippen molar-refractivity contribution in [3.05, 3.63) is 62.5 Å². The van der Waals surface area contributed by atoms with E-state index in [9.17, 15) is 4.79 Å². The van der Waals surface area contributed by atoms with E-state index in [4.69, 9.17) is 23.2 Å². The minimum Gasteiger partial charge on any atom is -0.320 e. The number of benzene rings is 1. The smallest absolute Gasteiger partial charge is 0.186 e. The van der Waals surface area contributed by atoms with Crippen LogP contribution in [-0.2, 0) is 5.88 Å². The average Bonchev–Trinajstić information content (AvgIpc) is 2.30. The Kier molecular flexibility index (Phi) is 3.79. The number of aryl methyl sites for hydroxylation is 2. The highest BCUT2D eigenvalue weighted by molar-refractivity contribution is 6.30. The Labute approximate surface area is 116 Å². The predicted octanol–water partition coefficient (Wildman–Crippen LogP) is 3.85. The molecule has 4 heteroatoms. The molecule has 1 aromatic carbocycles. The van der Waals surface area contributed by atoms with E-state index in [2.05, 4.69) is 0 Å². The van der Waals surface area contributed by atoms with Crippen molar-refractivity contribution in [2.75, 3.05) is 0 Å². The molecule has 0 aliphatic carbocycles. The molecule has 0 unspecified atom stereocenters. The molecule has 0 aliphatic rings. The topological polar surface area (TPSA) is 22.0 Å². The number of pyridine rings is 1. The zero-order valence-corrected chi connectivity index (χ0v) is 11.7. The van der Waals surface area contributed by atoms with E-state index >= 15 is 0 Å². The van der Waals surface area contributed by atoms with Gasteiger partial charge in [-0.1, -0.05) is 11.6 Å². The molecule has 0 spiro atoms. The van der Waals surface area contributed by atoms with Gasteiger partial charge in [-0.15, -0.1) is 11.6 Å². The fourth-order valence-electron chi connectivity index (χ4n) is 1.92. The van der Waals surface area contributed by atoms with Crippen LogP contribution in [0, 0.1) is 13.8 Å². The molecule has 1 aromatic heterocycles. The second-order valence-electron chi connectivity index (χ2n) is 4.24. The second kappa shape index (κ2) is 5.17. The van der Waals surface area contributed by atoms with E-state index in [-0.39, 0.29) is 11.3 Å². The van der Waals surface area contributed by atoms with E-state index in [0.29, 0.717) is 10.6 Å². The first-order valence-electron chi connectivity index (χ1n) is 5.57. The van der Waals surface area contributed by atoms with Gasteiger partial charge < -0.3 is 4.57 Å². The molecule has 0 fully saturated rings. The van der Waals surface area contributed by atoms with Crippen LogP contribution in [0.4, 0.5) is 0 Å². The van der Waals surface area contributed by atoms with Gasteiger partial charge in [-0.3, -0.25) is 4.79 Å². The molecule has 1 heterocycles. The lowest BCUT2D eigenvalue weighted by Crippen LogP contribution is -2.13. The third kappa shape index (κ3) is 2.45. The van der Waals surface area contributed by atoms with E-state index in [1.165, 1.54) is 0 Å². The Morgan fingerprint density at radius 3 is 2.56 bits per heavy atom. The van der Waals surface area contributed by atoms with Crippen molar-refractivity contribution in [1.82, 2.24) is 4.57 Å². The Bertz CT molecular complexity index is 647. The van der Waals surface area contributed by atoms with Crippen LogP contribution in [0.2, 0.25) is 5.02 Å². The molecular formula is C14H13Cl2NO. The summed E-state index contributed by atoms with van der Waals surface area (Å²) in [6.45, 7) is 3.88. The number of aromatic nitrogens is 1. The first-order chi connectivity index (χ1) is 8.52. The Morgan fingerprint density at radius 1 is 1.22 bits per heavy atom. The van der Waals surface area contributed by atoms with Crippen molar-refractivity contribution < 1.29 is 0 Å². The van der Waals surface area contributed by atoms with Crippen LogP contribution < -0.4 is 5.43 Å². The van der Waals surface area contributed by atoms with Gasteiger partial charge in [0.05, 0.1) is 5.88 Å². The Hall–Kier alpha value is -1.25. The Morgan fingerprint density at radius 2 is 1.94 bits per heavy atom. The molecule has 94 valence electrons. The van der Waals surface area contributed by atoms with Gasteiger partial charge in [0.1, 0.15) is 0 Å². The van der Waals surface area contributed by atoms with Gasteiger partial charge in [-0.05, 0) is 37.6 Å². The molecule has 2 rings (SSSR count). The third-order valence-electron chi connectivity index (χ3n) is 2.88. The summed E-state index contributed by atoms with van der Waals surface area (Å²) >= 11 is 11.7. The summed E-state index contributed by atoms with van der Waals surface area (Å²) in [5, 5.41) is 0.701. The minimum atomic E-state index is -0.0228. The summed E-state index contributed by atoms with van der Waals surface area (Å²) in [7, 11) is 0. The predicted molar refractivity (Wildman–Crippen MR) is 76.1 cm³/mol. The van der Waals surface area contributed by atoms with Crippen LogP contribution in [0.15, 0.2) is 35.3 Å². The molecule has 0 N–H and O–H groups in total. The van der Waals surface area contributed by atoms with Gasteiger partial charge >= 0.3 is 0 Å². The standard InChI is InChI=1S/C14H13Cl2NO/c1-9-5-12(16)3-4-13(9)17-8-11(7-15)14(18)6-10(17)2/h3-6,8H,7H2,1-2H3. The third-order valence-corrected chi connectivity index (χ3v) is 3.41. The van der Waals surface area contributed by atoms with E-state index in [1.54, 1.807) is 12.3 Å². The van der Waals surface area contributed by atoms with Crippen molar-refractivity contribution >= 4 is 23.2 Å². The number of hydrogen-bond donors (Lipinski definition) is 0. The molecule has 0 saturated carbocycles. The van der Waals surface area contributed by atoms with E-state index in [1.807, 2.05) is 36.6 Å². The first kappa shape index (κ1) is 13.2. The molecule has 0 atom stereocenters. The van der Waals surface area contributed by atoms with Gasteiger partial charge in [0.25, 0.3) is 0 Å². The minimum absolute atomic E-state index is 0.0228. The fraction of sp³-hybridized carbons (Fsp3) is 0.214. The number of nitrogens with zero attached hydrogens (tertiary/aromatic N) is 1. The van der Waals surface area contributed by atoms with Crippen LogP contribution in [0.25, 0.3) is 5.69 Å². The van der Waals surface area contributed by atoms with Crippen molar-refractivity contribution in [2.24, 2.45) is 0 Å². The number of alkyl halides is 1. The molecule has 2 nitrogen and oxygen atoms in total. The molecule has 0 aliphatic heterocycles. The monoisotopic (exact) mass is 281 g/mol. The highest BCUT2D eigenvalue weighted by Crippen LogP contribution is 2.20.